The van der Waals surface area contributed by atoms with E-state index in [1.54, 1.807) is 12.1 Å². The maximum Gasteiger partial charge on any atom is 0.165 e. The normalized spacial score (nSPS) is 12.1. The Balaban J connectivity index is 2.23. The van der Waals surface area contributed by atoms with Crippen molar-refractivity contribution in [3.05, 3.63) is 58.6 Å². The van der Waals surface area contributed by atoms with Crippen molar-refractivity contribution in [3.8, 4) is 5.75 Å². The van der Waals surface area contributed by atoms with Crippen molar-refractivity contribution >= 4 is 17.3 Å². The molecule has 0 bridgehead atoms. The lowest BCUT2D eigenvalue weighted by Gasteiger charge is -2.17. The van der Waals surface area contributed by atoms with Gasteiger partial charge in [-0.05, 0) is 42.8 Å². The van der Waals surface area contributed by atoms with E-state index in [9.17, 15) is 8.78 Å². The quantitative estimate of drug-likeness (QED) is 0.875. The number of rotatable bonds is 4. The lowest BCUT2D eigenvalue weighted by atomic mass is 10.1. The molecule has 2 aromatic carbocycles. The van der Waals surface area contributed by atoms with Crippen LogP contribution >= 0.6 is 11.6 Å². The van der Waals surface area contributed by atoms with Crippen LogP contribution in [0.1, 0.15) is 18.5 Å². The minimum Gasteiger partial charge on any atom is -0.494 e. The summed E-state index contributed by atoms with van der Waals surface area (Å²) in [5.74, 6) is -0.630. The molecule has 2 nitrogen and oxygen atoms in total. The second kappa shape index (κ2) is 6.09. The van der Waals surface area contributed by atoms with Crippen molar-refractivity contribution in [1.29, 1.82) is 0 Å². The van der Waals surface area contributed by atoms with E-state index in [4.69, 9.17) is 16.3 Å². The Morgan fingerprint density at radius 3 is 2.60 bits per heavy atom. The van der Waals surface area contributed by atoms with Gasteiger partial charge in [-0.15, -0.1) is 0 Å². The van der Waals surface area contributed by atoms with Crippen molar-refractivity contribution in [2.45, 2.75) is 13.0 Å². The van der Waals surface area contributed by atoms with Gasteiger partial charge in [0.2, 0.25) is 0 Å². The number of ether oxygens (including phenoxy) is 1. The largest absolute Gasteiger partial charge is 0.494 e. The van der Waals surface area contributed by atoms with E-state index in [1.807, 2.05) is 6.92 Å². The van der Waals surface area contributed by atoms with E-state index in [1.165, 1.54) is 31.4 Å². The third-order valence-corrected chi connectivity index (χ3v) is 3.31. The first-order valence-electron chi connectivity index (χ1n) is 6.06. The molecule has 0 spiro atoms. The van der Waals surface area contributed by atoms with Crippen LogP contribution in [0.25, 0.3) is 0 Å². The fourth-order valence-electron chi connectivity index (χ4n) is 1.87. The highest BCUT2D eigenvalue weighted by atomic mass is 35.5. The van der Waals surface area contributed by atoms with Gasteiger partial charge in [0, 0.05) is 6.04 Å². The molecular formula is C15H14ClF2NO. The molecule has 2 rings (SSSR count). The summed E-state index contributed by atoms with van der Waals surface area (Å²) in [4.78, 5) is 0. The Hall–Kier alpha value is -1.81. The highest BCUT2D eigenvalue weighted by molar-refractivity contribution is 6.33. The lowest BCUT2D eigenvalue weighted by molar-refractivity contribution is 0.385. The third-order valence-electron chi connectivity index (χ3n) is 2.98. The summed E-state index contributed by atoms with van der Waals surface area (Å²) in [5, 5.41) is 3.51. The number of anilines is 1. The second-order valence-electron chi connectivity index (χ2n) is 4.38. The first-order chi connectivity index (χ1) is 9.51. The zero-order valence-corrected chi connectivity index (χ0v) is 11.8. The van der Waals surface area contributed by atoms with Gasteiger partial charge < -0.3 is 10.1 Å². The number of halogens is 3. The Labute approximate surface area is 121 Å². The molecule has 0 amide bonds. The van der Waals surface area contributed by atoms with E-state index in [0.717, 1.165) is 5.56 Å². The monoisotopic (exact) mass is 297 g/mol. The maximum atomic E-state index is 13.4. The van der Waals surface area contributed by atoms with E-state index in [2.05, 4.69) is 5.32 Å². The fourth-order valence-corrected chi connectivity index (χ4v) is 2.04. The molecule has 0 heterocycles. The Morgan fingerprint density at radius 2 is 1.90 bits per heavy atom. The van der Waals surface area contributed by atoms with E-state index < -0.39 is 5.82 Å². The standard InChI is InChI=1S/C15H14ClF2NO/c1-9(10-3-6-13(18)15(7-10)20-2)19-14-8-11(17)4-5-12(14)16/h3-9,19H,1-2H3. The number of benzene rings is 2. The fraction of sp³-hybridized carbons (Fsp3) is 0.200. The van der Waals surface area contributed by atoms with Crippen LogP contribution in [-0.2, 0) is 0 Å². The van der Waals surface area contributed by atoms with Gasteiger partial charge in [-0.2, -0.15) is 0 Å². The van der Waals surface area contributed by atoms with Crippen molar-refractivity contribution in [2.24, 2.45) is 0 Å². The molecule has 1 unspecified atom stereocenters. The van der Waals surface area contributed by atoms with Crippen LogP contribution in [0.5, 0.6) is 5.75 Å². The topological polar surface area (TPSA) is 21.3 Å². The minimum absolute atomic E-state index is 0.168. The van der Waals surface area contributed by atoms with Crippen molar-refractivity contribution in [1.82, 2.24) is 0 Å². The molecule has 5 heteroatoms. The summed E-state index contributed by atoms with van der Waals surface area (Å²) < 4.78 is 31.5. The number of hydrogen-bond acceptors (Lipinski definition) is 2. The van der Waals surface area contributed by atoms with Gasteiger partial charge in [0.05, 0.1) is 17.8 Å². The smallest absolute Gasteiger partial charge is 0.165 e. The van der Waals surface area contributed by atoms with Gasteiger partial charge in [0.15, 0.2) is 11.6 Å². The van der Waals surface area contributed by atoms with Crippen LogP contribution in [0, 0.1) is 11.6 Å². The maximum absolute atomic E-state index is 13.4. The Kier molecular flexibility index (Phi) is 4.45. The zero-order valence-electron chi connectivity index (χ0n) is 11.1. The highest BCUT2D eigenvalue weighted by Gasteiger charge is 2.11. The van der Waals surface area contributed by atoms with Crippen LogP contribution in [0.15, 0.2) is 36.4 Å². The predicted octanol–water partition coefficient (Wildman–Crippen LogP) is 4.80. The van der Waals surface area contributed by atoms with Gasteiger partial charge in [-0.1, -0.05) is 17.7 Å². The molecule has 0 saturated carbocycles. The number of nitrogens with one attached hydrogen (secondary N) is 1. The number of hydrogen-bond donors (Lipinski definition) is 1. The first-order valence-corrected chi connectivity index (χ1v) is 6.44. The average molecular weight is 298 g/mol. The third kappa shape index (κ3) is 3.20. The molecule has 0 fully saturated rings. The van der Waals surface area contributed by atoms with E-state index in [0.29, 0.717) is 10.7 Å². The molecule has 106 valence electrons. The summed E-state index contributed by atoms with van der Waals surface area (Å²) in [7, 11) is 1.41. The number of methoxy groups -OCH3 is 1. The molecular weight excluding hydrogens is 284 g/mol. The molecule has 0 aliphatic carbocycles. The lowest BCUT2D eigenvalue weighted by Crippen LogP contribution is -2.07. The second-order valence-corrected chi connectivity index (χ2v) is 4.79. The van der Waals surface area contributed by atoms with Crippen LogP contribution in [0.2, 0.25) is 5.02 Å². The van der Waals surface area contributed by atoms with Crippen molar-refractivity contribution in [2.75, 3.05) is 12.4 Å². The molecule has 1 atom stereocenters. The van der Waals surface area contributed by atoms with E-state index in [-0.39, 0.29) is 17.6 Å². The van der Waals surface area contributed by atoms with E-state index >= 15 is 0 Å². The van der Waals surface area contributed by atoms with Crippen LogP contribution in [0.3, 0.4) is 0 Å². The van der Waals surface area contributed by atoms with Gasteiger partial charge in [-0.25, -0.2) is 8.78 Å². The van der Waals surface area contributed by atoms with Gasteiger partial charge in [-0.3, -0.25) is 0 Å². The molecule has 0 radical (unpaired) electrons. The summed E-state index contributed by atoms with van der Waals surface area (Å²) in [6.45, 7) is 1.87. The molecule has 0 aliphatic heterocycles. The molecule has 0 aromatic heterocycles. The molecule has 2 aromatic rings. The summed E-state index contributed by atoms with van der Waals surface area (Å²) in [5.41, 5.74) is 1.30. The molecule has 1 N–H and O–H groups in total. The zero-order chi connectivity index (χ0) is 14.7. The minimum atomic E-state index is -0.424. The average Bonchev–Trinajstić information content (AvgIpc) is 2.43. The predicted molar refractivity (Wildman–Crippen MR) is 76.4 cm³/mol. The van der Waals surface area contributed by atoms with Crippen molar-refractivity contribution < 1.29 is 13.5 Å². The van der Waals surface area contributed by atoms with Crippen LogP contribution in [0.4, 0.5) is 14.5 Å². The summed E-state index contributed by atoms with van der Waals surface area (Å²) in [6.07, 6.45) is 0. The van der Waals surface area contributed by atoms with Crippen LogP contribution < -0.4 is 10.1 Å². The summed E-state index contributed by atoms with van der Waals surface area (Å²) >= 11 is 6.00. The van der Waals surface area contributed by atoms with Gasteiger partial charge in [0.25, 0.3) is 0 Å². The molecule has 0 aliphatic rings. The molecule has 0 saturated heterocycles. The van der Waals surface area contributed by atoms with Gasteiger partial charge in [0.1, 0.15) is 5.82 Å². The van der Waals surface area contributed by atoms with Gasteiger partial charge >= 0.3 is 0 Å². The van der Waals surface area contributed by atoms with Crippen LogP contribution in [-0.4, -0.2) is 7.11 Å². The first kappa shape index (κ1) is 14.6. The highest BCUT2D eigenvalue weighted by Crippen LogP contribution is 2.29. The SMILES string of the molecule is COc1cc(C(C)Nc2cc(F)ccc2Cl)ccc1F. The molecule has 20 heavy (non-hydrogen) atoms. The Bertz CT molecular complexity index is 619. The van der Waals surface area contributed by atoms with Crippen molar-refractivity contribution in [3.63, 3.8) is 0 Å². The summed E-state index contributed by atoms with van der Waals surface area (Å²) in [6, 6.07) is 8.49. The Morgan fingerprint density at radius 1 is 1.15 bits per heavy atom.